The minimum Gasteiger partial charge on any atom is -0.475 e. The summed E-state index contributed by atoms with van der Waals surface area (Å²) in [5.74, 6) is -3.43. The van der Waals surface area contributed by atoms with Gasteiger partial charge in [-0.25, -0.2) is 14.6 Å². The minimum atomic E-state index is -5.08. The first kappa shape index (κ1) is 23.7. The molecule has 4 fully saturated rings. The Hall–Kier alpha value is -1.58. The van der Waals surface area contributed by atoms with Crippen LogP contribution in [0.4, 0.5) is 26.3 Å². The van der Waals surface area contributed by atoms with E-state index in [9.17, 15) is 26.3 Å². The number of carboxylic acids is 2. The van der Waals surface area contributed by atoms with Crippen LogP contribution in [-0.4, -0.2) is 49.6 Å². The van der Waals surface area contributed by atoms with Gasteiger partial charge in [-0.3, -0.25) is 0 Å². The van der Waals surface area contributed by atoms with E-state index < -0.39 is 24.3 Å². The summed E-state index contributed by atoms with van der Waals surface area (Å²) in [6.45, 7) is 0. The van der Waals surface area contributed by atoms with Crippen molar-refractivity contribution in [3.05, 3.63) is 15.7 Å². The summed E-state index contributed by atoms with van der Waals surface area (Å²) >= 11 is 2.33. The van der Waals surface area contributed by atoms with Crippen molar-refractivity contribution in [3.63, 3.8) is 0 Å². The first-order valence-corrected chi connectivity index (χ1v) is 9.21. The fourth-order valence-corrected chi connectivity index (χ4v) is 3.97. The van der Waals surface area contributed by atoms with Gasteiger partial charge in [-0.15, -0.1) is 0 Å². The van der Waals surface area contributed by atoms with E-state index in [1.165, 1.54) is 37.9 Å². The quantitative estimate of drug-likeness (QED) is 0.390. The van der Waals surface area contributed by atoms with E-state index in [1.54, 1.807) is 0 Å². The Labute approximate surface area is 173 Å². The molecule has 0 aromatic carbocycles. The number of nitrogens with zero attached hydrogens (tertiary/aromatic N) is 2. The first-order valence-electron chi connectivity index (χ1n) is 8.13. The summed E-state index contributed by atoms with van der Waals surface area (Å²) in [5.41, 5.74) is 6.69. The van der Waals surface area contributed by atoms with Gasteiger partial charge >= 0.3 is 24.3 Å². The summed E-state index contributed by atoms with van der Waals surface area (Å²) in [7, 11) is 0. The third-order valence-corrected chi connectivity index (χ3v) is 5.21. The van der Waals surface area contributed by atoms with Gasteiger partial charge in [-0.1, -0.05) is 0 Å². The van der Waals surface area contributed by atoms with Crippen molar-refractivity contribution >= 4 is 34.5 Å². The van der Waals surface area contributed by atoms with E-state index in [-0.39, 0.29) is 5.54 Å². The smallest absolute Gasteiger partial charge is 0.475 e. The predicted molar refractivity (Wildman–Crippen MR) is 93.0 cm³/mol. The second-order valence-electron chi connectivity index (χ2n) is 7.29. The molecule has 29 heavy (non-hydrogen) atoms. The zero-order valence-electron chi connectivity index (χ0n) is 14.5. The summed E-state index contributed by atoms with van der Waals surface area (Å²) in [6.07, 6.45) is -1.76. The van der Waals surface area contributed by atoms with Crippen LogP contribution in [-0.2, 0) is 15.1 Å². The molecule has 0 radical (unpaired) electrons. The molecule has 5 rings (SSSR count). The Morgan fingerprint density at radius 3 is 1.72 bits per heavy atom. The lowest BCUT2D eigenvalue weighted by molar-refractivity contribution is -0.193. The first-order chi connectivity index (χ1) is 13.0. The van der Waals surface area contributed by atoms with E-state index in [0.29, 0.717) is 5.54 Å². The Morgan fingerprint density at radius 1 is 1.07 bits per heavy atom. The maximum Gasteiger partial charge on any atom is 0.490 e. The van der Waals surface area contributed by atoms with Gasteiger partial charge in [0.05, 0.1) is 5.54 Å². The van der Waals surface area contributed by atoms with E-state index in [1.807, 2.05) is 0 Å². The van der Waals surface area contributed by atoms with Gasteiger partial charge in [-0.2, -0.15) is 26.3 Å². The van der Waals surface area contributed by atoms with E-state index in [2.05, 4.69) is 38.3 Å². The largest absolute Gasteiger partial charge is 0.490 e. The van der Waals surface area contributed by atoms with Gasteiger partial charge in [0.1, 0.15) is 9.53 Å². The molecule has 4 aliphatic rings. The molecular weight excluding hydrogens is 527 g/mol. The summed E-state index contributed by atoms with van der Waals surface area (Å²) in [6, 6.07) is 0. The third-order valence-electron chi connectivity index (χ3n) is 4.69. The van der Waals surface area contributed by atoms with Crippen LogP contribution in [0.15, 0.2) is 6.20 Å². The Bertz CT molecular complexity index is 759. The van der Waals surface area contributed by atoms with Crippen LogP contribution in [0, 0.1) is 3.70 Å². The number of aromatic nitrogens is 2. The van der Waals surface area contributed by atoms with Crippen molar-refractivity contribution in [1.82, 2.24) is 9.55 Å². The number of hydrogen-bond acceptors (Lipinski definition) is 4. The molecule has 4 N–H and O–H groups in total. The van der Waals surface area contributed by atoms with Crippen LogP contribution in [0.1, 0.15) is 43.8 Å². The molecule has 0 spiro atoms. The molecule has 164 valence electrons. The lowest BCUT2D eigenvalue weighted by Crippen LogP contribution is -2.76. The number of hydrogen-bond donors (Lipinski definition) is 3. The fourth-order valence-electron chi connectivity index (χ4n) is 3.44. The van der Waals surface area contributed by atoms with Crippen LogP contribution >= 0.6 is 22.6 Å². The van der Waals surface area contributed by atoms with Crippen molar-refractivity contribution < 1.29 is 46.1 Å². The van der Waals surface area contributed by atoms with Crippen molar-refractivity contribution in [1.29, 1.82) is 0 Å². The zero-order chi connectivity index (χ0) is 22.4. The molecule has 0 unspecified atom stereocenters. The third kappa shape index (κ3) is 5.52. The molecular formula is C15H16F6IN3O4. The molecule has 1 heterocycles. The highest BCUT2D eigenvalue weighted by Crippen LogP contribution is 2.64. The number of alkyl halides is 6. The van der Waals surface area contributed by atoms with Gasteiger partial charge in [0, 0.05) is 17.7 Å². The molecule has 0 aliphatic heterocycles. The molecule has 14 heteroatoms. The molecule has 2 bridgehead atoms. The fraction of sp³-hybridized carbons (Fsp3) is 0.667. The average Bonchev–Trinajstić information content (AvgIpc) is 3.25. The highest BCUT2D eigenvalue weighted by atomic mass is 127. The van der Waals surface area contributed by atoms with Crippen molar-refractivity contribution in [2.75, 3.05) is 0 Å². The molecule has 7 nitrogen and oxygen atoms in total. The van der Waals surface area contributed by atoms with Gasteiger partial charge in [0.25, 0.3) is 0 Å². The monoisotopic (exact) mass is 543 g/mol. The second-order valence-corrected chi connectivity index (χ2v) is 8.39. The van der Waals surface area contributed by atoms with Crippen LogP contribution in [0.25, 0.3) is 0 Å². The summed E-state index contributed by atoms with van der Waals surface area (Å²) in [5, 5.41) is 14.2. The number of imidazole rings is 1. The number of carboxylic acid groups (broad SMARTS) is 2. The van der Waals surface area contributed by atoms with E-state index >= 15 is 0 Å². The van der Waals surface area contributed by atoms with Crippen molar-refractivity contribution in [2.24, 2.45) is 5.73 Å². The Morgan fingerprint density at radius 2 is 1.45 bits per heavy atom. The SMILES string of the molecule is NC12CC(n3cc(I)nc3C3CC3)(C1)C2.O=C(O)C(F)(F)F.O=C(O)C(F)(F)F. The highest BCUT2D eigenvalue weighted by Gasteiger charge is 2.67. The molecule has 0 saturated heterocycles. The predicted octanol–water partition coefficient (Wildman–Crippen LogP) is 3.22. The van der Waals surface area contributed by atoms with E-state index in [0.717, 1.165) is 9.62 Å². The number of aliphatic carboxylic acids is 2. The van der Waals surface area contributed by atoms with Crippen molar-refractivity contribution in [2.45, 2.75) is 61.5 Å². The molecule has 1 aromatic heterocycles. The van der Waals surface area contributed by atoms with Gasteiger partial charge in [0.15, 0.2) is 0 Å². The topological polar surface area (TPSA) is 118 Å². The van der Waals surface area contributed by atoms with Gasteiger partial charge in [-0.05, 0) is 54.7 Å². The van der Waals surface area contributed by atoms with Crippen molar-refractivity contribution in [3.8, 4) is 0 Å². The normalized spacial score (nSPS) is 27.3. The summed E-state index contributed by atoms with van der Waals surface area (Å²) in [4.78, 5) is 22.5. The van der Waals surface area contributed by atoms with Crippen LogP contribution in [0.3, 0.4) is 0 Å². The minimum absolute atomic E-state index is 0.191. The van der Waals surface area contributed by atoms with Crippen LogP contribution in [0.2, 0.25) is 0 Å². The van der Waals surface area contributed by atoms with E-state index in [4.69, 9.17) is 25.5 Å². The lowest BCUT2D eigenvalue weighted by atomic mass is 9.44. The molecule has 4 saturated carbocycles. The van der Waals surface area contributed by atoms with Gasteiger partial charge in [0.2, 0.25) is 0 Å². The number of rotatable bonds is 2. The maximum atomic E-state index is 10.6. The molecule has 4 aliphatic carbocycles. The molecule has 0 atom stereocenters. The van der Waals surface area contributed by atoms with Gasteiger partial charge < -0.3 is 20.5 Å². The number of halogens is 7. The Kier molecular flexibility index (Phi) is 6.20. The second kappa shape index (κ2) is 7.59. The van der Waals surface area contributed by atoms with Crippen LogP contribution in [0.5, 0.6) is 0 Å². The molecule has 0 amide bonds. The van der Waals surface area contributed by atoms with Crippen LogP contribution < -0.4 is 5.73 Å². The average molecular weight is 543 g/mol. The highest BCUT2D eigenvalue weighted by molar-refractivity contribution is 14.1. The number of nitrogens with two attached hydrogens (primary N) is 1. The maximum absolute atomic E-state index is 10.6. The molecule has 1 aromatic rings. The number of carbonyl (C=O) groups is 2. The lowest BCUT2D eigenvalue weighted by Gasteiger charge is -2.69. The Balaban J connectivity index is 0.000000183. The standard InChI is InChI=1S/C11H14IN3.2C2HF3O2/c12-8-3-15(9(14-8)7-1-2-7)11-4-10(13,5-11)6-11;2*3-2(4,5)1(6)7/h3,7H,1-2,4-6,13H2;2*(H,6,7). The zero-order valence-corrected chi connectivity index (χ0v) is 16.7. The summed E-state index contributed by atoms with van der Waals surface area (Å²) < 4.78 is 67.1.